The van der Waals surface area contributed by atoms with E-state index in [-0.39, 0.29) is 0 Å². The lowest BCUT2D eigenvalue weighted by Gasteiger charge is -2.55. The van der Waals surface area contributed by atoms with Crippen molar-refractivity contribution in [2.75, 3.05) is 0 Å². The van der Waals surface area contributed by atoms with Gasteiger partial charge in [-0.2, -0.15) is 0 Å². The highest BCUT2D eigenvalue weighted by Gasteiger charge is 2.49. The Balaban J connectivity index is 2.27. The Morgan fingerprint density at radius 1 is 0.812 bits per heavy atom. The molecule has 2 saturated carbocycles. The minimum atomic E-state index is 0.670. The molecule has 2 rings (SSSR count). The van der Waals surface area contributed by atoms with Crippen LogP contribution in [0.5, 0.6) is 0 Å². The summed E-state index contributed by atoms with van der Waals surface area (Å²) in [5.41, 5.74) is 0.670. The normalized spacial score (nSPS) is 34.1. The first-order valence-electron chi connectivity index (χ1n) is 7.59. The zero-order valence-electron chi connectivity index (χ0n) is 11.8. The second-order valence-electron chi connectivity index (χ2n) is 6.97. The highest BCUT2D eigenvalue weighted by Crippen LogP contribution is 2.57. The van der Waals surface area contributed by atoms with Crippen LogP contribution in [0.4, 0.5) is 0 Å². The third-order valence-corrected chi connectivity index (χ3v) is 5.93. The molecule has 0 bridgehead atoms. The highest BCUT2D eigenvalue weighted by atomic mass is 14.5. The van der Waals surface area contributed by atoms with Gasteiger partial charge in [0, 0.05) is 0 Å². The molecule has 16 heavy (non-hydrogen) atoms. The highest BCUT2D eigenvalue weighted by molar-refractivity contribution is 4.98. The molecule has 0 spiro atoms. The van der Waals surface area contributed by atoms with Gasteiger partial charge < -0.3 is 0 Å². The number of fused-ring (bicyclic) bond motifs is 1. The summed E-state index contributed by atoms with van der Waals surface area (Å²) >= 11 is 0. The van der Waals surface area contributed by atoms with Gasteiger partial charge in [0.2, 0.25) is 0 Å². The van der Waals surface area contributed by atoms with Crippen molar-refractivity contribution in [3.63, 3.8) is 0 Å². The van der Waals surface area contributed by atoms with Gasteiger partial charge >= 0.3 is 0 Å². The molecule has 0 nitrogen and oxygen atoms in total. The fourth-order valence-electron chi connectivity index (χ4n) is 5.22. The zero-order valence-corrected chi connectivity index (χ0v) is 11.8. The topological polar surface area (TPSA) is 0 Å². The summed E-state index contributed by atoms with van der Waals surface area (Å²) in [6.07, 6.45) is 10.6. The average molecular weight is 222 g/mol. The maximum atomic E-state index is 2.48. The Hall–Kier alpha value is 0. The van der Waals surface area contributed by atoms with E-state index in [2.05, 4.69) is 27.7 Å². The van der Waals surface area contributed by atoms with Gasteiger partial charge in [0.1, 0.15) is 0 Å². The van der Waals surface area contributed by atoms with E-state index in [1.807, 2.05) is 0 Å². The number of hydrogen-bond donors (Lipinski definition) is 0. The lowest BCUT2D eigenvalue weighted by atomic mass is 9.50. The molecule has 0 N–H and O–H groups in total. The molecule has 2 aliphatic rings. The predicted octanol–water partition coefficient (Wildman–Crippen LogP) is 5.28. The Morgan fingerprint density at radius 2 is 1.38 bits per heavy atom. The first-order chi connectivity index (χ1) is 7.59. The minimum absolute atomic E-state index is 0.670. The summed E-state index contributed by atoms with van der Waals surface area (Å²) < 4.78 is 0. The van der Waals surface area contributed by atoms with Crippen LogP contribution in [-0.2, 0) is 0 Å². The Bertz CT molecular complexity index is 216. The second-order valence-corrected chi connectivity index (χ2v) is 6.97. The molecule has 94 valence electrons. The van der Waals surface area contributed by atoms with Gasteiger partial charge in [0.15, 0.2) is 0 Å². The van der Waals surface area contributed by atoms with Crippen LogP contribution >= 0.6 is 0 Å². The van der Waals surface area contributed by atoms with Gasteiger partial charge in [0.25, 0.3) is 0 Å². The molecule has 0 saturated heterocycles. The monoisotopic (exact) mass is 222 g/mol. The van der Waals surface area contributed by atoms with Gasteiger partial charge in [-0.15, -0.1) is 0 Å². The van der Waals surface area contributed by atoms with E-state index in [9.17, 15) is 0 Å². The summed E-state index contributed by atoms with van der Waals surface area (Å²) in [5.74, 6) is 3.87. The van der Waals surface area contributed by atoms with Crippen molar-refractivity contribution in [3.8, 4) is 0 Å². The Kier molecular flexibility index (Phi) is 3.66. The lowest BCUT2D eigenvalue weighted by molar-refractivity contribution is -0.0610. The van der Waals surface area contributed by atoms with Crippen LogP contribution in [0.15, 0.2) is 0 Å². The maximum absolute atomic E-state index is 2.48. The van der Waals surface area contributed by atoms with E-state index in [1.165, 1.54) is 44.9 Å². The summed E-state index contributed by atoms with van der Waals surface area (Å²) in [5, 5.41) is 0. The van der Waals surface area contributed by atoms with Gasteiger partial charge in [-0.05, 0) is 41.9 Å². The van der Waals surface area contributed by atoms with Crippen LogP contribution in [0.25, 0.3) is 0 Å². The van der Waals surface area contributed by atoms with Crippen molar-refractivity contribution in [1.82, 2.24) is 0 Å². The molecule has 0 radical (unpaired) electrons. The van der Waals surface area contributed by atoms with E-state index in [1.54, 1.807) is 0 Å². The van der Waals surface area contributed by atoms with Gasteiger partial charge in [0.05, 0.1) is 0 Å². The van der Waals surface area contributed by atoms with E-state index < -0.39 is 0 Å². The zero-order chi connectivity index (χ0) is 11.8. The van der Waals surface area contributed by atoms with Gasteiger partial charge in [-0.25, -0.2) is 0 Å². The molecule has 2 atom stereocenters. The molecule has 0 aliphatic heterocycles. The quantitative estimate of drug-likeness (QED) is 0.596. The van der Waals surface area contributed by atoms with Crippen molar-refractivity contribution >= 4 is 0 Å². The minimum Gasteiger partial charge on any atom is -0.0622 e. The van der Waals surface area contributed by atoms with Crippen molar-refractivity contribution in [2.24, 2.45) is 29.1 Å². The molecule has 0 heteroatoms. The van der Waals surface area contributed by atoms with E-state index in [0.717, 1.165) is 23.7 Å². The largest absolute Gasteiger partial charge is 0.0622 e. The Labute approximate surface area is 102 Å². The third kappa shape index (κ3) is 1.83. The van der Waals surface area contributed by atoms with Crippen molar-refractivity contribution < 1.29 is 0 Å². The first-order valence-corrected chi connectivity index (χ1v) is 7.59. The summed E-state index contributed by atoms with van der Waals surface area (Å²) in [6, 6.07) is 0. The summed E-state index contributed by atoms with van der Waals surface area (Å²) in [7, 11) is 0. The van der Waals surface area contributed by atoms with Crippen LogP contribution in [-0.4, -0.2) is 0 Å². The van der Waals surface area contributed by atoms with Gasteiger partial charge in [-0.3, -0.25) is 0 Å². The number of rotatable bonds is 2. The van der Waals surface area contributed by atoms with Crippen molar-refractivity contribution in [3.05, 3.63) is 0 Å². The van der Waals surface area contributed by atoms with Crippen LogP contribution < -0.4 is 0 Å². The van der Waals surface area contributed by atoms with Crippen LogP contribution in [0.1, 0.15) is 72.6 Å². The first kappa shape index (κ1) is 12.5. The second kappa shape index (κ2) is 4.70. The smallest absolute Gasteiger partial charge is 0.0220 e. The lowest BCUT2D eigenvalue weighted by Crippen LogP contribution is -2.47. The summed E-state index contributed by atoms with van der Waals surface area (Å²) in [6.45, 7) is 9.93. The predicted molar refractivity (Wildman–Crippen MR) is 71.4 cm³/mol. The molecule has 2 fully saturated rings. The molecule has 0 aromatic rings. The molecule has 0 amide bonds. The fourth-order valence-corrected chi connectivity index (χ4v) is 5.22. The molecular formula is C16H30. The SMILES string of the molecule is CC(C)C1(C(C)C)CCCC2CCCCC21. The van der Waals surface area contributed by atoms with Crippen LogP contribution in [0.3, 0.4) is 0 Å². The van der Waals surface area contributed by atoms with E-state index in [0.29, 0.717) is 5.41 Å². The van der Waals surface area contributed by atoms with Crippen molar-refractivity contribution in [2.45, 2.75) is 72.6 Å². The molecule has 2 aliphatic carbocycles. The van der Waals surface area contributed by atoms with Crippen LogP contribution in [0.2, 0.25) is 0 Å². The maximum Gasteiger partial charge on any atom is -0.0220 e. The van der Waals surface area contributed by atoms with Gasteiger partial charge in [-0.1, -0.05) is 59.8 Å². The molecule has 0 heterocycles. The summed E-state index contributed by atoms with van der Waals surface area (Å²) in [4.78, 5) is 0. The molecular weight excluding hydrogens is 192 g/mol. The molecule has 2 unspecified atom stereocenters. The molecule has 0 aromatic carbocycles. The standard InChI is InChI=1S/C16H30/c1-12(2)16(13(3)4)11-7-9-14-8-5-6-10-15(14)16/h12-15H,5-11H2,1-4H3. The average Bonchev–Trinajstić information content (AvgIpc) is 2.27. The van der Waals surface area contributed by atoms with E-state index >= 15 is 0 Å². The van der Waals surface area contributed by atoms with Crippen LogP contribution in [0, 0.1) is 29.1 Å². The van der Waals surface area contributed by atoms with E-state index in [4.69, 9.17) is 0 Å². The van der Waals surface area contributed by atoms with Crippen molar-refractivity contribution in [1.29, 1.82) is 0 Å². The fraction of sp³-hybridized carbons (Fsp3) is 1.00. The third-order valence-electron chi connectivity index (χ3n) is 5.93. The Morgan fingerprint density at radius 3 is 2.00 bits per heavy atom. The molecule has 0 aromatic heterocycles. The number of hydrogen-bond acceptors (Lipinski definition) is 0.